The normalized spacial score (nSPS) is 27.4. The summed E-state index contributed by atoms with van der Waals surface area (Å²) in [6.07, 6.45) is 2.41. The molecule has 3 rings (SSSR count). The minimum Gasteiger partial charge on any atom is -0.496 e. The van der Waals surface area contributed by atoms with Crippen LogP contribution in [0, 0.1) is 0 Å². The lowest BCUT2D eigenvalue weighted by Crippen LogP contribution is -2.54. The highest BCUT2D eigenvalue weighted by Crippen LogP contribution is 2.33. The Morgan fingerprint density at radius 3 is 3.06 bits per heavy atom. The summed E-state index contributed by atoms with van der Waals surface area (Å²) in [4.78, 5) is 2.55. The smallest absolute Gasteiger partial charge is 0.122 e. The van der Waals surface area contributed by atoms with Gasteiger partial charge in [-0.3, -0.25) is 4.90 Å². The Bertz CT molecular complexity index is 433. The van der Waals surface area contributed by atoms with Crippen LogP contribution in [0.4, 0.5) is 0 Å². The molecule has 0 radical (unpaired) electrons. The summed E-state index contributed by atoms with van der Waals surface area (Å²) in [6, 6.07) is 6.93. The first-order valence-corrected chi connectivity index (χ1v) is 6.84. The Kier molecular flexibility index (Phi) is 3.27. The predicted octanol–water partition coefficient (Wildman–Crippen LogP) is 1.88. The summed E-state index contributed by atoms with van der Waals surface area (Å²) in [5.74, 6) is 1.02. The summed E-state index contributed by atoms with van der Waals surface area (Å²) in [5.41, 5.74) is 2.78. The van der Waals surface area contributed by atoms with E-state index < -0.39 is 0 Å². The van der Waals surface area contributed by atoms with Crippen molar-refractivity contribution in [3.8, 4) is 5.75 Å². The molecule has 0 bridgehead atoms. The molecule has 0 N–H and O–H groups in total. The van der Waals surface area contributed by atoms with Crippen molar-refractivity contribution in [2.24, 2.45) is 0 Å². The highest BCUT2D eigenvalue weighted by Gasteiger charge is 2.36. The number of likely N-dealkylation sites (N-methyl/N-ethyl adjacent to an activating group) is 1. The van der Waals surface area contributed by atoms with Gasteiger partial charge in [0.25, 0.3) is 0 Å². The summed E-state index contributed by atoms with van der Waals surface area (Å²) < 4.78 is 11.4. The van der Waals surface area contributed by atoms with Crippen molar-refractivity contribution in [1.82, 2.24) is 4.90 Å². The van der Waals surface area contributed by atoms with E-state index in [1.807, 2.05) is 0 Å². The van der Waals surface area contributed by atoms with Crippen LogP contribution in [0.3, 0.4) is 0 Å². The number of benzene rings is 1. The molecule has 18 heavy (non-hydrogen) atoms. The molecule has 0 amide bonds. The molecule has 3 heteroatoms. The molecular weight excluding hydrogens is 226 g/mol. The maximum absolute atomic E-state index is 5.97. The Balaban J connectivity index is 1.93. The van der Waals surface area contributed by atoms with Crippen molar-refractivity contribution in [3.63, 3.8) is 0 Å². The van der Waals surface area contributed by atoms with Crippen molar-refractivity contribution in [1.29, 1.82) is 0 Å². The zero-order chi connectivity index (χ0) is 12.5. The molecule has 3 nitrogen and oxygen atoms in total. The second-order valence-corrected chi connectivity index (χ2v) is 5.11. The molecule has 0 unspecified atom stereocenters. The Labute approximate surface area is 109 Å². The average Bonchev–Trinajstić information content (AvgIpc) is 2.43. The lowest BCUT2D eigenvalue weighted by molar-refractivity contribution is -0.0724. The monoisotopic (exact) mass is 247 g/mol. The molecule has 0 spiro atoms. The molecular formula is C15H21NO2. The van der Waals surface area contributed by atoms with Crippen LogP contribution in [0.15, 0.2) is 18.2 Å². The van der Waals surface area contributed by atoms with Gasteiger partial charge in [-0.05, 0) is 30.2 Å². The Morgan fingerprint density at radius 2 is 2.28 bits per heavy atom. The largest absolute Gasteiger partial charge is 0.496 e. The standard InChI is InChI=1S/C15H21NO2/c1-3-16-7-8-18-15-10-12-11(9-13(15)16)5-4-6-14(12)17-2/h4-6,13,15H,3,7-10H2,1-2H3/t13-,15-/m1/s1. The van der Waals surface area contributed by atoms with E-state index in [1.165, 1.54) is 11.1 Å². The van der Waals surface area contributed by atoms with E-state index in [9.17, 15) is 0 Å². The van der Waals surface area contributed by atoms with Crippen LogP contribution in [-0.2, 0) is 17.6 Å². The van der Waals surface area contributed by atoms with Crippen LogP contribution < -0.4 is 4.74 Å². The predicted molar refractivity (Wildman–Crippen MR) is 71.2 cm³/mol. The Morgan fingerprint density at radius 1 is 1.39 bits per heavy atom. The lowest BCUT2D eigenvalue weighted by atomic mass is 9.84. The van der Waals surface area contributed by atoms with Crippen molar-refractivity contribution in [2.75, 3.05) is 26.8 Å². The van der Waals surface area contributed by atoms with Gasteiger partial charge < -0.3 is 9.47 Å². The zero-order valence-electron chi connectivity index (χ0n) is 11.2. The summed E-state index contributed by atoms with van der Waals surface area (Å²) in [5, 5.41) is 0. The van der Waals surface area contributed by atoms with Crippen LogP contribution in [0.1, 0.15) is 18.1 Å². The van der Waals surface area contributed by atoms with E-state index in [2.05, 4.69) is 30.0 Å². The highest BCUT2D eigenvalue weighted by molar-refractivity contribution is 5.43. The molecule has 1 aromatic carbocycles. The number of morpholine rings is 1. The minimum atomic E-state index is 0.336. The third-order valence-electron chi connectivity index (χ3n) is 4.30. The number of ether oxygens (including phenoxy) is 2. The van der Waals surface area contributed by atoms with Gasteiger partial charge in [0, 0.05) is 19.0 Å². The first kappa shape index (κ1) is 12.0. The molecule has 2 aliphatic rings. The van der Waals surface area contributed by atoms with Crippen LogP contribution in [0.5, 0.6) is 5.75 Å². The molecule has 0 aromatic heterocycles. The Hall–Kier alpha value is -1.06. The number of fused-ring (bicyclic) bond motifs is 2. The van der Waals surface area contributed by atoms with Crippen LogP contribution in [0.2, 0.25) is 0 Å². The molecule has 1 saturated heterocycles. The maximum atomic E-state index is 5.97. The van der Waals surface area contributed by atoms with Crippen molar-refractivity contribution in [3.05, 3.63) is 29.3 Å². The van der Waals surface area contributed by atoms with Gasteiger partial charge in [-0.25, -0.2) is 0 Å². The average molecular weight is 247 g/mol. The molecule has 1 fully saturated rings. The van der Waals surface area contributed by atoms with E-state index >= 15 is 0 Å². The topological polar surface area (TPSA) is 21.7 Å². The number of rotatable bonds is 2. The number of nitrogens with zero attached hydrogens (tertiary/aromatic N) is 1. The fraction of sp³-hybridized carbons (Fsp3) is 0.600. The van der Waals surface area contributed by atoms with Gasteiger partial charge >= 0.3 is 0 Å². The number of hydrogen-bond donors (Lipinski definition) is 0. The van der Waals surface area contributed by atoms with E-state index in [0.29, 0.717) is 12.1 Å². The first-order chi connectivity index (χ1) is 8.83. The quantitative estimate of drug-likeness (QED) is 0.796. The van der Waals surface area contributed by atoms with E-state index in [0.717, 1.165) is 38.3 Å². The number of methoxy groups -OCH3 is 1. The van der Waals surface area contributed by atoms with Crippen LogP contribution in [-0.4, -0.2) is 43.9 Å². The minimum absolute atomic E-state index is 0.336. The maximum Gasteiger partial charge on any atom is 0.122 e. The molecule has 2 atom stereocenters. The van der Waals surface area contributed by atoms with E-state index in [4.69, 9.17) is 9.47 Å². The first-order valence-electron chi connectivity index (χ1n) is 6.84. The van der Waals surface area contributed by atoms with Gasteiger partial charge in [0.05, 0.1) is 19.8 Å². The lowest BCUT2D eigenvalue weighted by Gasteiger charge is -2.44. The second-order valence-electron chi connectivity index (χ2n) is 5.11. The van der Waals surface area contributed by atoms with Crippen molar-refractivity contribution >= 4 is 0 Å². The molecule has 1 heterocycles. The van der Waals surface area contributed by atoms with Crippen molar-refractivity contribution < 1.29 is 9.47 Å². The zero-order valence-corrected chi connectivity index (χ0v) is 11.2. The van der Waals surface area contributed by atoms with E-state index in [-0.39, 0.29) is 0 Å². The molecule has 0 saturated carbocycles. The number of hydrogen-bond acceptors (Lipinski definition) is 3. The summed E-state index contributed by atoms with van der Waals surface area (Å²) in [7, 11) is 1.75. The molecule has 1 aromatic rings. The van der Waals surface area contributed by atoms with E-state index in [1.54, 1.807) is 7.11 Å². The highest BCUT2D eigenvalue weighted by atomic mass is 16.5. The van der Waals surface area contributed by atoms with Gasteiger partial charge in [0.2, 0.25) is 0 Å². The fourth-order valence-corrected chi connectivity index (χ4v) is 3.33. The van der Waals surface area contributed by atoms with Crippen molar-refractivity contribution in [2.45, 2.75) is 31.9 Å². The second kappa shape index (κ2) is 4.90. The fourth-order valence-electron chi connectivity index (χ4n) is 3.33. The van der Waals surface area contributed by atoms with Gasteiger partial charge in [-0.15, -0.1) is 0 Å². The molecule has 98 valence electrons. The third-order valence-corrected chi connectivity index (χ3v) is 4.30. The van der Waals surface area contributed by atoms with Gasteiger partial charge in [-0.2, -0.15) is 0 Å². The van der Waals surface area contributed by atoms with Gasteiger partial charge in [0.15, 0.2) is 0 Å². The van der Waals surface area contributed by atoms with Crippen LogP contribution in [0.25, 0.3) is 0 Å². The third kappa shape index (κ3) is 1.91. The molecule has 1 aliphatic carbocycles. The van der Waals surface area contributed by atoms with Gasteiger partial charge in [0.1, 0.15) is 5.75 Å². The summed E-state index contributed by atoms with van der Waals surface area (Å²) >= 11 is 0. The van der Waals surface area contributed by atoms with Crippen LogP contribution >= 0.6 is 0 Å². The molecule has 1 aliphatic heterocycles. The SMILES string of the molecule is CCN1CCO[C@@H]2Cc3c(cccc3OC)C[C@H]21. The summed E-state index contributed by atoms with van der Waals surface area (Å²) in [6.45, 7) is 5.28. The van der Waals surface area contributed by atoms with Gasteiger partial charge in [-0.1, -0.05) is 19.1 Å².